The van der Waals surface area contributed by atoms with E-state index < -0.39 is 6.10 Å². The smallest absolute Gasteiger partial charge is 0.152 e. The van der Waals surface area contributed by atoms with E-state index in [1.165, 1.54) is 0 Å². The van der Waals surface area contributed by atoms with Gasteiger partial charge in [-0.2, -0.15) is 0 Å². The van der Waals surface area contributed by atoms with Crippen molar-refractivity contribution in [1.82, 2.24) is 14.9 Å². The summed E-state index contributed by atoms with van der Waals surface area (Å²) in [6.07, 6.45) is -0.525. The van der Waals surface area contributed by atoms with E-state index in [-0.39, 0.29) is 0 Å². The van der Waals surface area contributed by atoms with E-state index in [1.807, 2.05) is 23.4 Å². The van der Waals surface area contributed by atoms with Crippen LogP contribution in [0.4, 0.5) is 5.82 Å². The highest BCUT2D eigenvalue weighted by atomic mass is 32.1. The first-order valence-electron chi connectivity index (χ1n) is 6.20. The lowest BCUT2D eigenvalue weighted by Gasteiger charge is -2.19. The van der Waals surface area contributed by atoms with E-state index in [4.69, 9.17) is 10.6 Å². The highest BCUT2D eigenvalue weighted by Gasteiger charge is 2.12. The molecule has 0 aliphatic carbocycles. The number of fused-ring (bicyclic) bond motifs is 1. The van der Waals surface area contributed by atoms with Crippen LogP contribution in [0.5, 0.6) is 0 Å². The second-order valence-electron chi connectivity index (χ2n) is 4.58. The number of thiophene rings is 1. The van der Waals surface area contributed by atoms with Crippen molar-refractivity contribution < 1.29 is 9.84 Å². The van der Waals surface area contributed by atoms with Crippen LogP contribution in [-0.2, 0) is 11.3 Å². The number of nitrogen functional groups attached to an aromatic ring is 1. The summed E-state index contributed by atoms with van der Waals surface area (Å²) in [6, 6.07) is 1.94. The second-order valence-corrected chi connectivity index (χ2v) is 5.47. The molecule has 0 amide bonds. The van der Waals surface area contributed by atoms with Crippen LogP contribution in [0.1, 0.15) is 5.82 Å². The molecular formula is C12H19N5O2S. The number of aromatic nitrogens is 2. The number of nitrogens with zero attached hydrogens (tertiary/aromatic N) is 3. The normalized spacial score (nSPS) is 13.1. The van der Waals surface area contributed by atoms with Crippen LogP contribution in [0, 0.1) is 0 Å². The zero-order valence-electron chi connectivity index (χ0n) is 11.5. The fraction of sp³-hybridized carbons (Fsp3) is 0.500. The monoisotopic (exact) mass is 297 g/mol. The molecule has 20 heavy (non-hydrogen) atoms. The van der Waals surface area contributed by atoms with Crippen molar-refractivity contribution in [2.24, 2.45) is 5.84 Å². The largest absolute Gasteiger partial charge is 0.389 e. The Morgan fingerprint density at radius 2 is 2.35 bits per heavy atom. The Hall–Kier alpha value is -1.32. The first kappa shape index (κ1) is 15.1. The highest BCUT2D eigenvalue weighted by Crippen LogP contribution is 2.24. The van der Waals surface area contributed by atoms with E-state index in [2.05, 4.69) is 15.4 Å². The number of rotatable bonds is 7. The van der Waals surface area contributed by atoms with Gasteiger partial charge in [0.2, 0.25) is 0 Å². The molecule has 2 heterocycles. The van der Waals surface area contributed by atoms with Crippen LogP contribution < -0.4 is 11.3 Å². The number of aliphatic hydroxyl groups excluding tert-OH is 1. The average molecular weight is 297 g/mol. The number of likely N-dealkylation sites (N-methyl/N-ethyl adjacent to an activating group) is 1. The minimum absolute atomic E-state index is 0.310. The van der Waals surface area contributed by atoms with Gasteiger partial charge in [-0.25, -0.2) is 15.8 Å². The van der Waals surface area contributed by atoms with Crippen molar-refractivity contribution in [1.29, 1.82) is 0 Å². The van der Waals surface area contributed by atoms with Gasteiger partial charge in [0, 0.05) is 13.7 Å². The van der Waals surface area contributed by atoms with Gasteiger partial charge >= 0.3 is 0 Å². The third-order valence-corrected chi connectivity index (χ3v) is 3.61. The summed E-state index contributed by atoms with van der Waals surface area (Å²) < 4.78 is 4.91. The minimum atomic E-state index is -0.525. The molecule has 2 aromatic heterocycles. The SMILES string of the molecule is COCC(O)CN(C)Cc1nc(NN)c2ccsc2n1. The Labute approximate surface area is 121 Å². The standard InChI is InChI=1S/C12H19N5O2S/c1-17(5-8(18)7-19-2)6-10-14-11(16-13)9-3-4-20-12(9)15-10/h3-4,8,18H,5-7,13H2,1-2H3,(H,14,15,16). The molecule has 0 fully saturated rings. The van der Waals surface area contributed by atoms with Gasteiger partial charge in [0.05, 0.1) is 24.6 Å². The van der Waals surface area contributed by atoms with E-state index in [1.54, 1.807) is 18.4 Å². The van der Waals surface area contributed by atoms with Crippen LogP contribution in [0.25, 0.3) is 10.2 Å². The second kappa shape index (κ2) is 6.91. The first-order valence-corrected chi connectivity index (χ1v) is 7.08. The lowest BCUT2D eigenvalue weighted by Crippen LogP contribution is -2.32. The van der Waals surface area contributed by atoms with Crippen molar-refractivity contribution in [3.05, 3.63) is 17.3 Å². The van der Waals surface area contributed by atoms with Gasteiger partial charge in [-0.1, -0.05) is 0 Å². The maximum atomic E-state index is 9.70. The lowest BCUT2D eigenvalue weighted by molar-refractivity contribution is 0.0414. The number of hydrogen-bond donors (Lipinski definition) is 3. The minimum Gasteiger partial charge on any atom is -0.389 e. The fourth-order valence-electron chi connectivity index (χ4n) is 1.99. The summed E-state index contributed by atoms with van der Waals surface area (Å²) in [6.45, 7) is 1.33. The first-order chi connectivity index (χ1) is 9.63. The predicted molar refractivity (Wildman–Crippen MR) is 79.4 cm³/mol. The van der Waals surface area contributed by atoms with Gasteiger partial charge in [-0.15, -0.1) is 11.3 Å². The summed E-state index contributed by atoms with van der Waals surface area (Å²) in [4.78, 5) is 11.7. The number of aliphatic hydroxyl groups is 1. The van der Waals surface area contributed by atoms with Gasteiger partial charge in [-0.05, 0) is 18.5 Å². The molecule has 2 rings (SSSR count). The molecule has 0 aliphatic rings. The number of ether oxygens (including phenoxy) is 1. The van der Waals surface area contributed by atoms with Crippen molar-refractivity contribution >= 4 is 27.4 Å². The highest BCUT2D eigenvalue weighted by molar-refractivity contribution is 7.16. The van der Waals surface area contributed by atoms with Crippen molar-refractivity contribution in [3.8, 4) is 0 Å². The molecule has 1 unspecified atom stereocenters. The molecule has 2 aromatic rings. The van der Waals surface area contributed by atoms with E-state index in [9.17, 15) is 5.11 Å². The van der Waals surface area contributed by atoms with Gasteiger partial charge in [-0.3, -0.25) is 4.90 Å². The molecule has 0 aliphatic heterocycles. The van der Waals surface area contributed by atoms with E-state index in [0.717, 1.165) is 10.2 Å². The zero-order valence-corrected chi connectivity index (χ0v) is 12.4. The summed E-state index contributed by atoms with van der Waals surface area (Å²) in [5.41, 5.74) is 2.60. The Morgan fingerprint density at radius 3 is 3.05 bits per heavy atom. The molecule has 8 heteroatoms. The third kappa shape index (κ3) is 3.62. The Kier molecular flexibility index (Phi) is 5.21. The van der Waals surface area contributed by atoms with E-state index >= 15 is 0 Å². The molecule has 110 valence electrons. The Morgan fingerprint density at radius 1 is 1.55 bits per heavy atom. The maximum absolute atomic E-state index is 9.70. The number of nitrogens with one attached hydrogen (secondary N) is 1. The zero-order chi connectivity index (χ0) is 14.5. The molecule has 0 spiro atoms. The number of anilines is 1. The topological polar surface area (TPSA) is 96.5 Å². The molecule has 4 N–H and O–H groups in total. The van der Waals surface area contributed by atoms with Crippen LogP contribution in [0.15, 0.2) is 11.4 Å². The Balaban J connectivity index is 2.09. The number of hydrazine groups is 1. The van der Waals surface area contributed by atoms with Crippen molar-refractivity contribution in [2.75, 3.05) is 32.7 Å². The summed E-state index contributed by atoms with van der Waals surface area (Å²) in [7, 11) is 3.46. The summed E-state index contributed by atoms with van der Waals surface area (Å²) >= 11 is 1.55. The average Bonchev–Trinajstić information content (AvgIpc) is 2.85. The molecule has 7 nitrogen and oxygen atoms in total. The van der Waals surface area contributed by atoms with Crippen LogP contribution in [0.3, 0.4) is 0 Å². The Bertz CT molecular complexity index is 562. The predicted octanol–water partition coefficient (Wildman–Crippen LogP) is 0.416. The molecule has 0 aromatic carbocycles. The fourth-order valence-corrected chi connectivity index (χ4v) is 2.77. The maximum Gasteiger partial charge on any atom is 0.152 e. The van der Waals surface area contributed by atoms with E-state index in [0.29, 0.717) is 31.3 Å². The number of nitrogens with two attached hydrogens (primary N) is 1. The van der Waals surface area contributed by atoms with Gasteiger partial charge in [0.1, 0.15) is 10.7 Å². The molecule has 0 radical (unpaired) electrons. The van der Waals surface area contributed by atoms with Gasteiger partial charge in [0.25, 0.3) is 0 Å². The number of methoxy groups -OCH3 is 1. The van der Waals surface area contributed by atoms with Crippen molar-refractivity contribution in [3.63, 3.8) is 0 Å². The lowest BCUT2D eigenvalue weighted by atomic mass is 10.3. The number of hydrogen-bond acceptors (Lipinski definition) is 8. The van der Waals surface area contributed by atoms with Crippen LogP contribution >= 0.6 is 11.3 Å². The molecule has 0 bridgehead atoms. The summed E-state index contributed by atoms with van der Waals surface area (Å²) in [5, 5.41) is 12.6. The third-order valence-electron chi connectivity index (χ3n) is 2.80. The summed E-state index contributed by atoms with van der Waals surface area (Å²) in [5.74, 6) is 6.78. The molecule has 0 saturated heterocycles. The quantitative estimate of drug-likeness (QED) is 0.503. The van der Waals surface area contributed by atoms with Crippen molar-refractivity contribution in [2.45, 2.75) is 12.6 Å². The van der Waals surface area contributed by atoms with Crippen LogP contribution in [0.2, 0.25) is 0 Å². The molecule has 1 atom stereocenters. The van der Waals surface area contributed by atoms with Gasteiger partial charge in [0.15, 0.2) is 5.82 Å². The molecule has 0 saturated carbocycles. The van der Waals surface area contributed by atoms with Crippen LogP contribution in [-0.4, -0.2) is 53.4 Å². The van der Waals surface area contributed by atoms with Gasteiger partial charge < -0.3 is 15.3 Å². The molecular weight excluding hydrogens is 278 g/mol.